The monoisotopic (exact) mass is 296 g/mol. The van der Waals surface area contributed by atoms with Gasteiger partial charge in [-0.25, -0.2) is 9.78 Å². The lowest BCUT2D eigenvalue weighted by atomic mass is 10.1. The first-order valence-corrected chi connectivity index (χ1v) is 6.72. The predicted molar refractivity (Wildman–Crippen MR) is 84.8 cm³/mol. The molecule has 1 aromatic heterocycles. The number of carboxylic acid groups (broad SMARTS) is 1. The fourth-order valence-corrected chi connectivity index (χ4v) is 1.88. The molecule has 0 aliphatic carbocycles. The Labute approximate surface area is 128 Å². The summed E-state index contributed by atoms with van der Waals surface area (Å²) in [5.74, 6) is -1.54. The van der Waals surface area contributed by atoms with Gasteiger partial charge in [-0.2, -0.15) is 0 Å². The lowest BCUT2D eigenvalue weighted by Crippen LogP contribution is -2.13. The van der Waals surface area contributed by atoms with Crippen LogP contribution in [-0.2, 0) is 4.79 Å². The fraction of sp³-hybridized carbons (Fsp3) is 0.118. The van der Waals surface area contributed by atoms with E-state index >= 15 is 0 Å². The summed E-state index contributed by atoms with van der Waals surface area (Å²) in [4.78, 5) is 26.8. The molecule has 0 saturated heterocycles. The van der Waals surface area contributed by atoms with E-state index in [9.17, 15) is 9.59 Å². The molecule has 2 N–H and O–H groups in total. The van der Waals surface area contributed by atoms with Crippen LogP contribution in [0.3, 0.4) is 0 Å². The molecule has 5 nitrogen and oxygen atoms in total. The highest BCUT2D eigenvalue weighted by Crippen LogP contribution is 2.13. The smallest absolute Gasteiger partial charge is 0.339 e. The van der Waals surface area contributed by atoms with E-state index in [0.717, 1.165) is 11.1 Å². The number of amides is 1. The molecule has 1 amide bonds. The number of hydrogen-bond donors (Lipinski definition) is 2. The van der Waals surface area contributed by atoms with Gasteiger partial charge < -0.3 is 10.4 Å². The molecule has 22 heavy (non-hydrogen) atoms. The van der Waals surface area contributed by atoms with Gasteiger partial charge in [-0.05, 0) is 48.7 Å². The summed E-state index contributed by atoms with van der Waals surface area (Å²) in [6, 6.07) is 8.76. The topological polar surface area (TPSA) is 79.3 Å². The number of anilines is 1. The molecule has 2 rings (SSSR count). The molecule has 0 aliphatic rings. The summed E-state index contributed by atoms with van der Waals surface area (Å²) >= 11 is 0. The number of benzene rings is 1. The van der Waals surface area contributed by atoms with Crippen LogP contribution in [0.15, 0.2) is 42.6 Å². The molecular weight excluding hydrogens is 280 g/mol. The van der Waals surface area contributed by atoms with Gasteiger partial charge in [-0.1, -0.05) is 18.2 Å². The fourth-order valence-electron chi connectivity index (χ4n) is 1.88. The van der Waals surface area contributed by atoms with E-state index in [1.807, 2.05) is 32.0 Å². The zero-order valence-corrected chi connectivity index (χ0v) is 12.3. The summed E-state index contributed by atoms with van der Waals surface area (Å²) in [6.07, 6.45) is 4.45. The van der Waals surface area contributed by atoms with Crippen LogP contribution in [-0.4, -0.2) is 22.0 Å². The van der Waals surface area contributed by atoms with Gasteiger partial charge in [0.25, 0.3) is 0 Å². The van der Waals surface area contributed by atoms with E-state index < -0.39 is 11.9 Å². The van der Waals surface area contributed by atoms with Gasteiger partial charge in [0.2, 0.25) is 5.91 Å². The Kier molecular flexibility index (Phi) is 4.68. The molecule has 5 heteroatoms. The SMILES string of the molecule is Cc1ccc(/C=C/C(=O)Nc2ncccc2C(=O)O)cc1C. The summed E-state index contributed by atoms with van der Waals surface area (Å²) < 4.78 is 0. The molecule has 0 fully saturated rings. The standard InChI is InChI=1S/C17H16N2O3/c1-11-5-6-13(10-12(11)2)7-8-15(20)19-16-14(17(21)22)4-3-9-18-16/h3-10H,1-2H3,(H,21,22)(H,18,19,20)/b8-7+. The number of nitrogens with zero attached hydrogens (tertiary/aromatic N) is 1. The second kappa shape index (κ2) is 6.67. The van der Waals surface area contributed by atoms with Gasteiger partial charge in [0, 0.05) is 12.3 Å². The highest BCUT2D eigenvalue weighted by atomic mass is 16.4. The molecule has 2 aromatic rings. The lowest BCUT2D eigenvalue weighted by molar-refractivity contribution is -0.111. The van der Waals surface area contributed by atoms with E-state index in [1.54, 1.807) is 6.08 Å². The van der Waals surface area contributed by atoms with Crippen molar-refractivity contribution in [2.45, 2.75) is 13.8 Å². The quantitative estimate of drug-likeness (QED) is 0.850. The molecule has 0 spiro atoms. The Morgan fingerprint density at radius 3 is 2.64 bits per heavy atom. The van der Waals surface area contributed by atoms with E-state index in [0.29, 0.717) is 0 Å². The molecule has 0 unspecified atom stereocenters. The second-order valence-corrected chi connectivity index (χ2v) is 4.87. The number of rotatable bonds is 4. The number of carbonyl (C=O) groups is 2. The lowest BCUT2D eigenvalue weighted by Gasteiger charge is -2.04. The molecule has 0 saturated carbocycles. The van der Waals surface area contributed by atoms with E-state index in [1.165, 1.54) is 30.0 Å². The van der Waals surface area contributed by atoms with Crippen molar-refractivity contribution in [3.05, 3.63) is 64.9 Å². The largest absolute Gasteiger partial charge is 0.478 e. The number of pyridine rings is 1. The molecule has 0 aliphatic heterocycles. The minimum Gasteiger partial charge on any atom is -0.478 e. The minimum atomic E-state index is -1.14. The van der Waals surface area contributed by atoms with Crippen molar-refractivity contribution < 1.29 is 14.7 Å². The zero-order chi connectivity index (χ0) is 16.1. The van der Waals surface area contributed by atoms with E-state index in [-0.39, 0.29) is 11.4 Å². The third-order valence-electron chi connectivity index (χ3n) is 3.24. The van der Waals surface area contributed by atoms with Crippen molar-refractivity contribution in [1.82, 2.24) is 4.98 Å². The van der Waals surface area contributed by atoms with Crippen LogP contribution in [0.25, 0.3) is 6.08 Å². The van der Waals surface area contributed by atoms with Crippen LogP contribution in [0, 0.1) is 13.8 Å². The molecular formula is C17H16N2O3. The van der Waals surface area contributed by atoms with Crippen LogP contribution in [0.1, 0.15) is 27.0 Å². The highest BCUT2D eigenvalue weighted by molar-refractivity contribution is 6.05. The zero-order valence-electron chi connectivity index (χ0n) is 12.3. The van der Waals surface area contributed by atoms with Crippen LogP contribution >= 0.6 is 0 Å². The number of aromatic carboxylic acids is 1. The van der Waals surface area contributed by atoms with Gasteiger partial charge in [0.1, 0.15) is 11.4 Å². The number of aryl methyl sites for hydroxylation is 2. The van der Waals surface area contributed by atoms with Gasteiger partial charge in [0.15, 0.2) is 0 Å². The van der Waals surface area contributed by atoms with Gasteiger partial charge in [0.05, 0.1) is 0 Å². The molecule has 1 aromatic carbocycles. The molecule has 0 bridgehead atoms. The molecule has 1 heterocycles. The molecule has 0 radical (unpaired) electrons. The van der Waals surface area contributed by atoms with Crippen molar-refractivity contribution in [3.8, 4) is 0 Å². The maximum Gasteiger partial charge on any atom is 0.339 e. The first-order valence-electron chi connectivity index (χ1n) is 6.72. The Morgan fingerprint density at radius 1 is 1.18 bits per heavy atom. The first kappa shape index (κ1) is 15.4. The van der Waals surface area contributed by atoms with Crippen LogP contribution in [0.4, 0.5) is 5.82 Å². The van der Waals surface area contributed by atoms with Crippen molar-refractivity contribution >= 4 is 23.8 Å². The Hall–Kier alpha value is -2.95. The minimum absolute atomic E-state index is 0.0322. The summed E-state index contributed by atoms with van der Waals surface area (Å²) in [6.45, 7) is 4.02. The average molecular weight is 296 g/mol. The van der Waals surface area contributed by atoms with Crippen molar-refractivity contribution in [2.24, 2.45) is 0 Å². The van der Waals surface area contributed by atoms with Crippen molar-refractivity contribution in [1.29, 1.82) is 0 Å². The average Bonchev–Trinajstić information content (AvgIpc) is 2.49. The summed E-state index contributed by atoms with van der Waals surface area (Å²) in [5, 5.41) is 11.5. The Morgan fingerprint density at radius 2 is 1.95 bits per heavy atom. The number of carbonyl (C=O) groups excluding carboxylic acids is 1. The van der Waals surface area contributed by atoms with Crippen LogP contribution in [0.5, 0.6) is 0 Å². The summed E-state index contributed by atoms with van der Waals surface area (Å²) in [7, 11) is 0. The van der Waals surface area contributed by atoms with E-state index in [4.69, 9.17) is 5.11 Å². The highest BCUT2D eigenvalue weighted by Gasteiger charge is 2.11. The van der Waals surface area contributed by atoms with E-state index in [2.05, 4.69) is 10.3 Å². The predicted octanol–water partition coefficient (Wildman–Crippen LogP) is 3.05. The number of aromatic nitrogens is 1. The number of hydrogen-bond acceptors (Lipinski definition) is 3. The molecule has 112 valence electrons. The van der Waals surface area contributed by atoms with Gasteiger partial charge in [-0.3, -0.25) is 4.79 Å². The number of carboxylic acids is 1. The Balaban J connectivity index is 2.11. The van der Waals surface area contributed by atoms with Crippen molar-refractivity contribution in [3.63, 3.8) is 0 Å². The normalized spacial score (nSPS) is 10.6. The molecule has 0 atom stereocenters. The maximum atomic E-state index is 11.9. The number of nitrogens with one attached hydrogen (secondary N) is 1. The summed E-state index contributed by atoms with van der Waals surface area (Å²) in [5.41, 5.74) is 3.18. The maximum absolute atomic E-state index is 11.9. The third kappa shape index (κ3) is 3.79. The van der Waals surface area contributed by atoms with Gasteiger partial charge >= 0.3 is 5.97 Å². The van der Waals surface area contributed by atoms with Crippen LogP contribution in [0.2, 0.25) is 0 Å². The second-order valence-electron chi connectivity index (χ2n) is 4.87. The first-order chi connectivity index (χ1) is 10.5. The van der Waals surface area contributed by atoms with Crippen LogP contribution < -0.4 is 5.32 Å². The van der Waals surface area contributed by atoms with Crippen molar-refractivity contribution in [2.75, 3.05) is 5.32 Å². The Bertz CT molecular complexity index is 751. The third-order valence-corrected chi connectivity index (χ3v) is 3.24. The van der Waals surface area contributed by atoms with Gasteiger partial charge in [-0.15, -0.1) is 0 Å².